The van der Waals surface area contributed by atoms with Crippen LogP contribution in [-0.2, 0) is 0 Å². The van der Waals surface area contributed by atoms with Gasteiger partial charge in [0, 0.05) is 5.56 Å². The fourth-order valence-electron chi connectivity index (χ4n) is 1.13. The largest absolute Gasteiger partial charge is 0.235 e. The van der Waals surface area contributed by atoms with Gasteiger partial charge < -0.3 is 0 Å². The van der Waals surface area contributed by atoms with Crippen LogP contribution in [0.1, 0.15) is 18.7 Å². The Labute approximate surface area is 70.9 Å². The lowest BCUT2D eigenvalue weighted by Gasteiger charge is -2.00. The van der Waals surface area contributed by atoms with Gasteiger partial charge in [-0.3, -0.25) is 0 Å². The summed E-state index contributed by atoms with van der Waals surface area (Å²) >= 11 is 0. The predicted octanol–water partition coefficient (Wildman–Crippen LogP) is 2.57. The molecule has 1 aliphatic rings. The Morgan fingerprint density at radius 1 is 1.17 bits per heavy atom. The van der Waals surface area contributed by atoms with Gasteiger partial charge in [0.2, 0.25) is 0 Å². The number of hydrogen-bond acceptors (Lipinski definition) is 3. The van der Waals surface area contributed by atoms with Crippen LogP contribution in [0.2, 0.25) is 0 Å². The van der Waals surface area contributed by atoms with Gasteiger partial charge in [-0.1, -0.05) is 30.3 Å². The molecule has 0 aromatic heterocycles. The predicted molar refractivity (Wildman–Crippen MR) is 47.1 cm³/mol. The molecule has 1 unspecified atom stereocenters. The van der Waals surface area contributed by atoms with Crippen LogP contribution in [0, 0.1) is 0 Å². The average Bonchev–Trinajstić information content (AvgIpc) is 2.54. The van der Waals surface area contributed by atoms with Gasteiger partial charge in [0.25, 0.3) is 0 Å². The van der Waals surface area contributed by atoms with Crippen LogP contribution >= 0.6 is 0 Å². The zero-order valence-electron chi connectivity index (χ0n) is 6.81. The van der Waals surface area contributed by atoms with Crippen LogP contribution in [0.4, 0.5) is 0 Å². The SMILES string of the molecule is CC1=NC(c2ccccc2)N=N1. The van der Waals surface area contributed by atoms with E-state index in [2.05, 4.69) is 15.2 Å². The Bertz CT molecular complexity index is 327. The fourth-order valence-corrected chi connectivity index (χ4v) is 1.13. The second kappa shape index (κ2) is 2.85. The molecule has 3 nitrogen and oxygen atoms in total. The van der Waals surface area contributed by atoms with Crippen molar-refractivity contribution >= 4 is 5.84 Å². The highest BCUT2D eigenvalue weighted by Gasteiger charge is 2.12. The molecule has 3 heteroatoms. The van der Waals surface area contributed by atoms with Gasteiger partial charge in [0.05, 0.1) is 0 Å². The third kappa shape index (κ3) is 1.25. The summed E-state index contributed by atoms with van der Waals surface area (Å²) in [6.07, 6.45) is -0.105. The molecule has 12 heavy (non-hydrogen) atoms. The van der Waals surface area contributed by atoms with Crippen LogP contribution < -0.4 is 0 Å². The summed E-state index contributed by atoms with van der Waals surface area (Å²) in [5, 5.41) is 7.88. The summed E-state index contributed by atoms with van der Waals surface area (Å²) < 4.78 is 0. The minimum Gasteiger partial charge on any atom is -0.235 e. The molecule has 0 N–H and O–H groups in total. The monoisotopic (exact) mass is 159 g/mol. The molecule has 0 aliphatic carbocycles. The highest BCUT2D eigenvalue weighted by molar-refractivity contribution is 5.81. The molecule has 0 amide bonds. The zero-order valence-corrected chi connectivity index (χ0v) is 6.81. The van der Waals surface area contributed by atoms with Gasteiger partial charge in [-0.2, -0.15) is 5.11 Å². The van der Waals surface area contributed by atoms with E-state index in [1.54, 1.807) is 0 Å². The van der Waals surface area contributed by atoms with Gasteiger partial charge in [-0.15, -0.1) is 5.11 Å². The van der Waals surface area contributed by atoms with E-state index in [1.807, 2.05) is 37.3 Å². The molecule has 60 valence electrons. The number of benzene rings is 1. The van der Waals surface area contributed by atoms with E-state index in [9.17, 15) is 0 Å². The van der Waals surface area contributed by atoms with Crippen molar-refractivity contribution in [3.8, 4) is 0 Å². The van der Waals surface area contributed by atoms with Gasteiger partial charge in [0.15, 0.2) is 6.17 Å². The van der Waals surface area contributed by atoms with Gasteiger partial charge in [0.1, 0.15) is 5.84 Å². The maximum Gasteiger partial charge on any atom is 0.188 e. The smallest absolute Gasteiger partial charge is 0.188 e. The Balaban J connectivity index is 2.29. The zero-order chi connectivity index (χ0) is 8.39. The number of nitrogens with zero attached hydrogens (tertiary/aromatic N) is 3. The van der Waals surface area contributed by atoms with Crippen molar-refractivity contribution in [1.82, 2.24) is 0 Å². The van der Waals surface area contributed by atoms with E-state index in [0.29, 0.717) is 0 Å². The Kier molecular flexibility index (Phi) is 1.70. The lowest BCUT2D eigenvalue weighted by Crippen LogP contribution is -1.87. The average molecular weight is 159 g/mol. The van der Waals surface area contributed by atoms with Crippen molar-refractivity contribution in [2.24, 2.45) is 15.2 Å². The van der Waals surface area contributed by atoms with E-state index >= 15 is 0 Å². The second-order valence-electron chi connectivity index (χ2n) is 2.68. The quantitative estimate of drug-likeness (QED) is 0.604. The highest BCUT2D eigenvalue weighted by atomic mass is 15.3. The third-order valence-electron chi connectivity index (χ3n) is 1.72. The molecule has 1 aliphatic heterocycles. The number of azo groups is 1. The first-order valence-electron chi connectivity index (χ1n) is 3.86. The van der Waals surface area contributed by atoms with Crippen LogP contribution in [-0.4, -0.2) is 5.84 Å². The standard InChI is InChI=1S/C9H9N3/c1-7-10-9(12-11-7)8-5-3-2-4-6-8/h2-6,9H,1H3. The van der Waals surface area contributed by atoms with Gasteiger partial charge in [-0.25, -0.2) is 4.99 Å². The van der Waals surface area contributed by atoms with Crippen molar-refractivity contribution in [2.45, 2.75) is 13.1 Å². The van der Waals surface area contributed by atoms with Crippen LogP contribution in [0.15, 0.2) is 45.6 Å². The maximum absolute atomic E-state index is 4.24. The molecule has 1 aromatic carbocycles. The summed E-state index contributed by atoms with van der Waals surface area (Å²) in [6, 6.07) is 9.95. The van der Waals surface area contributed by atoms with Crippen molar-refractivity contribution in [3.63, 3.8) is 0 Å². The number of rotatable bonds is 1. The Morgan fingerprint density at radius 2 is 1.92 bits per heavy atom. The van der Waals surface area contributed by atoms with Gasteiger partial charge >= 0.3 is 0 Å². The summed E-state index contributed by atoms with van der Waals surface area (Å²) in [7, 11) is 0. The fraction of sp³-hybridized carbons (Fsp3) is 0.222. The minimum atomic E-state index is -0.105. The first kappa shape index (κ1) is 7.16. The summed E-state index contributed by atoms with van der Waals surface area (Å²) in [5.41, 5.74) is 1.10. The first-order chi connectivity index (χ1) is 5.86. The summed E-state index contributed by atoms with van der Waals surface area (Å²) in [6.45, 7) is 1.85. The first-order valence-corrected chi connectivity index (χ1v) is 3.86. The van der Waals surface area contributed by atoms with Crippen molar-refractivity contribution in [2.75, 3.05) is 0 Å². The molecule has 0 bridgehead atoms. The van der Waals surface area contributed by atoms with Crippen LogP contribution in [0.25, 0.3) is 0 Å². The maximum atomic E-state index is 4.24. The summed E-state index contributed by atoms with van der Waals surface area (Å²) in [5.74, 6) is 0.754. The Hall–Kier alpha value is -1.51. The lowest BCUT2D eigenvalue weighted by molar-refractivity contribution is 0.772. The molecular weight excluding hydrogens is 150 g/mol. The van der Waals surface area contributed by atoms with Crippen LogP contribution in [0.5, 0.6) is 0 Å². The molecule has 0 saturated heterocycles. The van der Waals surface area contributed by atoms with Crippen molar-refractivity contribution in [1.29, 1.82) is 0 Å². The lowest BCUT2D eigenvalue weighted by atomic mass is 10.2. The molecule has 0 radical (unpaired) electrons. The molecule has 1 atom stereocenters. The van der Waals surface area contributed by atoms with Gasteiger partial charge in [-0.05, 0) is 6.92 Å². The van der Waals surface area contributed by atoms with E-state index in [0.717, 1.165) is 11.4 Å². The number of amidine groups is 1. The summed E-state index contributed by atoms with van der Waals surface area (Å²) in [4.78, 5) is 4.24. The Morgan fingerprint density at radius 3 is 2.50 bits per heavy atom. The third-order valence-corrected chi connectivity index (χ3v) is 1.72. The topological polar surface area (TPSA) is 37.1 Å². The molecule has 0 saturated carbocycles. The van der Waals surface area contributed by atoms with E-state index in [1.165, 1.54) is 0 Å². The molecule has 2 rings (SSSR count). The molecule has 0 fully saturated rings. The minimum absolute atomic E-state index is 0.105. The number of aliphatic imine (C=N–C) groups is 1. The normalized spacial score (nSPS) is 21.1. The van der Waals surface area contributed by atoms with E-state index in [-0.39, 0.29) is 6.17 Å². The second-order valence-corrected chi connectivity index (χ2v) is 2.68. The van der Waals surface area contributed by atoms with Crippen molar-refractivity contribution < 1.29 is 0 Å². The molecular formula is C9H9N3. The number of hydrogen-bond donors (Lipinski definition) is 0. The molecule has 0 spiro atoms. The van der Waals surface area contributed by atoms with E-state index in [4.69, 9.17) is 0 Å². The van der Waals surface area contributed by atoms with Crippen molar-refractivity contribution in [3.05, 3.63) is 35.9 Å². The highest BCUT2D eigenvalue weighted by Crippen LogP contribution is 2.22. The van der Waals surface area contributed by atoms with E-state index < -0.39 is 0 Å². The molecule has 1 aromatic rings. The van der Waals surface area contributed by atoms with Crippen LogP contribution in [0.3, 0.4) is 0 Å². The molecule has 1 heterocycles.